The summed E-state index contributed by atoms with van der Waals surface area (Å²) in [6.45, 7) is 4.85. The van der Waals surface area contributed by atoms with Crippen LogP contribution in [0.3, 0.4) is 0 Å². The Morgan fingerprint density at radius 2 is 0.770 bits per heavy atom. The van der Waals surface area contributed by atoms with Gasteiger partial charge in [0.05, 0.1) is 25.4 Å². The Bertz CT molecular complexity index is 951. The van der Waals surface area contributed by atoms with Crippen LogP contribution in [0.5, 0.6) is 0 Å². The van der Waals surface area contributed by atoms with Crippen LogP contribution < -0.4 is 5.32 Å². The van der Waals surface area contributed by atoms with Crippen molar-refractivity contribution < 1.29 is 24.5 Å². The Labute approximate surface area is 380 Å². The molecule has 0 saturated heterocycles. The Hall–Kier alpha value is -1.66. The number of ether oxygens (including phenoxy) is 1. The minimum atomic E-state index is -0.857. The van der Waals surface area contributed by atoms with Gasteiger partial charge in [-0.25, -0.2) is 0 Å². The summed E-state index contributed by atoms with van der Waals surface area (Å²) < 4.78 is 5.45. The number of amides is 1. The Morgan fingerprint density at radius 1 is 0.443 bits per heavy atom. The molecule has 0 rings (SSSR count). The first kappa shape index (κ1) is 59.3. The highest BCUT2D eigenvalue weighted by Gasteiger charge is 2.18. The van der Waals surface area contributed by atoms with Gasteiger partial charge in [0.1, 0.15) is 0 Å². The summed E-state index contributed by atoms with van der Waals surface area (Å²) in [5.41, 5.74) is 0. The zero-order chi connectivity index (χ0) is 44.4. The number of esters is 1. The third kappa shape index (κ3) is 47.7. The number of hydrogen-bond donors (Lipinski definition) is 3. The van der Waals surface area contributed by atoms with Crippen molar-refractivity contribution in [3.8, 4) is 0 Å². The van der Waals surface area contributed by atoms with Gasteiger partial charge in [0.25, 0.3) is 0 Å². The van der Waals surface area contributed by atoms with Crippen LogP contribution in [0.4, 0.5) is 0 Å². The predicted octanol–water partition coefficient (Wildman–Crippen LogP) is 16.3. The number of carbonyl (C=O) groups excluding carboxylic acids is 2. The SMILES string of the molecule is CCCCCC/C=C\CCCCCCCC(=O)OCCCCCCCCCCCCCC(=O)NC(CO)C(O)/C=C/CCCCCCCCCCCCCCCCCCCC. The van der Waals surface area contributed by atoms with Gasteiger partial charge in [0.2, 0.25) is 5.91 Å². The van der Waals surface area contributed by atoms with Crippen molar-refractivity contribution in [2.75, 3.05) is 13.2 Å². The third-order valence-corrected chi connectivity index (χ3v) is 12.5. The van der Waals surface area contributed by atoms with Crippen LogP contribution in [0.1, 0.15) is 290 Å². The van der Waals surface area contributed by atoms with Crippen LogP contribution in [0.2, 0.25) is 0 Å². The molecule has 61 heavy (non-hydrogen) atoms. The fourth-order valence-electron chi connectivity index (χ4n) is 8.27. The maximum Gasteiger partial charge on any atom is 0.305 e. The molecule has 6 nitrogen and oxygen atoms in total. The van der Waals surface area contributed by atoms with E-state index in [0.29, 0.717) is 19.4 Å². The second-order valence-corrected chi connectivity index (χ2v) is 18.6. The molecule has 0 aromatic rings. The number of hydrogen-bond acceptors (Lipinski definition) is 5. The molecule has 0 fully saturated rings. The summed E-state index contributed by atoms with van der Waals surface area (Å²) in [6, 6.07) is -0.642. The van der Waals surface area contributed by atoms with Gasteiger partial charge in [0, 0.05) is 12.8 Å². The van der Waals surface area contributed by atoms with E-state index >= 15 is 0 Å². The van der Waals surface area contributed by atoms with Gasteiger partial charge in [-0.1, -0.05) is 244 Å². The summed E-state index contributed by atoms with van der Waals surface area (Å²) in [4.78, 5) is 24.5. The third-order valence-electron chi connectivity index (χ3n) is 12.5. The van der Waals surface area contributed by atoms with Crippen molar-refractivity contribution in [2.24, 2.45) is 0 Å². The van der Waals surface area contributed by atoms with E-state index in [0.717, 1.165) is 57.8 Å². The van der Waals surface area contributed by atoms with Crippen LogP contribution in [0.25, 0.3) is 0 Å². The first-order valence-corrected chi connectivity index (χ1v) is 27.1. The lowest BCUT2D eigenvalue weighted by atomic mass is 10.0. The van der Waals surface area contributed by atoms with Gasteiger partial charge >= 0.3 is 5.97 Å². The van der Waals surface area contributed by atoms with Crippen molar-refractivity contribution in [2.45, 2.75) is 302 Å². The highest BCUT2D eigenvalue weighted by molar-refractivity contribution is 5.76. The topological polar surface area (TPSA) is 95.9 Å². The average Bonchev–Trinajstić information content (AvgIpc) is 3.26. The number of aliphatic hydroxyl groups excluding tert-OH is 2. The van der Waals surface area contributed by atoms with Gasteiger partial charge in [-0.2, -0.15) is 0 Å². The Balaban J connectivity index is 3.51. The molecule has 6 heteroatoms. The quantitative estimate of drug-likeness (QED) is 0.0322. The second-order valence-electron chi connectivity index (χ2n) is 18.6. The highest BCUT2D eigenvalue weighted by atomic mass is 16.5. The molecule has 0 spiro atoms. The molecule has 0 radical (unpaired) electrons. The van der Waals surface area contributed by atoms with Crippen molar-refractivity contribution >= 4 is 11.9 Å². The molecule has 0 saturated carbocycles. The van der Waals surface area contributed by atoms with Crippen LogP contribution in [-0.2, 0) is 14.3 Å². The molecule has 0 aliphatic rings. The van der Waals surface area contributed by atoms with Gasteiger partial charge in [0.15, 0.2) is 0 Å². The number of nitrogens with one attached hydrogen (secondary N) is 1. The van der Waals surface area contributed by atoms with E-state index in [1.165, 1.54) is 205 Å². The predicted molar refractivity (Wildman–Crippen MR) is 264 cm³/mol. The number of unbranched alkanes of at least 4 members (excludes halogenated alkanes) is 37. The van der Waals surface area contributed by atoms with E-state index < -0.39 is 12.1 Å². The molecule has 2 unspecified atom stereocenters. The van der Waals surface area contributed by atoms with Crippen molar-refractivity contribution in [3.05, 3.63) is 24.3 Å². The van der Waals surface area contributed by atoms with Crippen molar-refractivity contribution in [1.29, 1.82) is 0 Å². The smallest absolute Gasteiger partial charge is 0.305 e. The van der Waals surface area contributed by atoms with Crippen LogP contribution in [0, 0.1) is 0 Å². The Kier molecular flexibility index (Phi) is 49.6. The fraction of sp³-hybridized carbons (Fsp3) is 0.891. The highest BCUT2D eigenvalue weighted by Crippen LogP contribution is 2.16. The van der Waals surface area contributed by atoms with Crippen LogP contribution in [0.15, 0.2) is 24.3 Å². The van der Waals surface area contributed by atoms with Gasteiger partial charge in [-0.05, 0) is 57.8 Å². The zero-order valence-electron chi connectivity index (χ0n) is 40.9. The maximum atomic E-state index is 12.5. The molecule has 2 atom stereocenters. The Morgan fingerprint density at radius 3 is 1.18 bits per heavy atom. The van der Waals surface area contributed by atoms with Gasteiger partial charge < -0.3 is 20.3 Å². The molecule has 1 amide bonds. The van der Waals surface area contributed by atoms with E-state index in [4.69, 9.17) is 4.74 Å². The lowest BCUT2D eigenvalue weighted by molar-refractivity contribution is -0.143. The molecule has 0 aliphatic heterocycles. The van der Waals surface area contributed by atoms with E-state index in [2.05, 4.69) is 31.3 Å². The van der Waals surface area contributed by atoms with E-state index in [9.17, 15) is 19.8 Å². The minimum absolute atomic E-state index is 0.0244. The number of allylic oxidation sites excluding steroid dienone is 3. The summed E-state index contributed by atoms with van der Waals surface area (Å²) in [5.74, 6) is -0.110. The van der Waals surface area contributed by atoms with Crippen LogP contribution in [-0.4, -0.2) is 47.4 Å². The average molecular weight is 860 g/mol. The fourth-order valence-corrected chi connectivity index (χ4v) is 8.27. The van der Waals surface area contributed by atoms with Gasteiger partial charge in [-0.3, -0.25) is 9.59 Å². The van der Waals surface area contributed by atoms with E-state index in [1.54, 1.807) is 6.08 Å². The first-order valence-electron chi connectivity index (χ1n) is 27.1. The minimum Gasteiger partial charge on any atom is -0.466 e. The number of rotatable bonds is 50. The molecule has 0 heterocycles. The summed E-state index contributed by atoms with van der Waals surface area (Å²) in [6.07, 6.45) is 60.4. The summed E-state index contributed by atoms with van der Waals surface area (Å²) >= 11 is 0. The maximum absolute atomic E-state index is 12.5. The molecule has 3 N–H and O–H groups in total. The molecular formula is C55H105NO5. The number of aliphatic hydroxyl groups is 2. The van der Waals surface area contributed by atoms with E-state index in [-0.39, 0.29) is 18.5 Å². The summed E-state index contributed by atoms with van der Waals surface area (Å²) in [5, 5.41) is 23.1. The van der Waals surface area contributed by atoms with E-state index in [1.807, 2.05) is 6.08 Å². The summed E-state index contributed by atoms with van der Waals surface area (Å²) in [7, 11) is 0. The normalized spacial score (nSPS) is 12.8. The van der Waals surface area contributed by atoms with Crippen molar-refractivity contribution in [3.63, 3.8) is 0 Å². The molecule has 0 aliphatic carbocycles. The number of carbonyl (C=O) groups is 2. The van der Waals surface area contributed by atoms with Gasteiger partial charge in [-0.15, -0.1) is 0 Å². The second kappa shape index (κ2) is 51.0. The monoisotopic (exact) mass is 860 g/mol. The van der Waals surface area contributed by atoms with Crippen LogP contribution >= 0.6 is 0 Å². The lowest BCUT2D eigenvalue weighted by Crippen LogP contribution is -2.45. The standard InChI is InChI=1S/C55H105NO5/c1-3-5-7-9-11-13-15-17-18-19-20-21-22-23-25-27-31-35-39-43-47-53(58)52(51-57)56-54(59)48-44-40-36-32-28-26-30-34-38-42-46-50-61-55(60)49-45-41-37-33-29-24-16-14-12-10-8-6-4-2/h14,16,43,47,52-53,57-58H,3-13,15,17-42,44-46,48-51H2,1-2H3,(H,56,59)/b16-14-,47-43+. The zero-order valence-corrected chi connectivity index (χ0v) is 40.9. The molecule has 360 valence electrons. The molecule has 0 aromatic heterocycles. The van der Waals surface area contributed by atoms with Crippen molar-refractivity contribution in [1.82, 2.24) is 5.32 Å². The molecule has 0 aromatic carbocycles. The first-order chi connectivity index (χ1) is 30.0. The largest absolute Gasteiger partial charge is 0.466 e. The lowest BCUT2D eigenvalue weighted by Gasteiger charge is -2.20. The molecule has 0 bridgehead atoms. The molecular weight excluding hydrogens is 755 g/mol.